The van der Waals surface area contributed by atoms with Gasteiger partial charge < -0.3 is 24.8 Å². The fourth-order valence-corrected chi connectivity index (χ4v) is 2.05. The summed E-state index contributed by atoms with van der Waals surface area (Å²) in [4.78, 5) is 15.9. The van der Waals surface area contributed by atoms with Crippen molar-refractivity contribution in [3.8, 4) is 5.75 Å². The lowest BCUT2D eigenvalue weighted by molar-refractivity contribution is -0.0284. The molecule has 1 aromatic heterocycles. The van der Waals surface area contributed by atoms with Gasteiger partial charge >= 0.3 is 5.97 Å². The smallest absolute Gasteiger partial charge is 0.343 e. The van der Waals surface area contributed by atoms with E-state index in [-0.39, 0.29) is 37.7 Å². The maximum Gasteiger partial charge on any atom is 0.343 e. The molecule has 0 atom stereocenters. The fraction of sp³-hybridized carbons (Fsp3) is 0.375. The molecular weight excluding hydrogens is 302 g/mol. The largest absolute Gasteiger partial charge is 0.506 e. The van der Waals surface area contributed by atoms with Crippen LogP contribution in [-0.4, -0.2) is 52.2 Å². The first-order valence-corrected chi connectivity index (χ1v) is 7.21. The van der Waals surface area contributed by atoms with Crippen LogP contribution < -0.4 is 0 Å². The van der Waals surface area contributed by atoms with Crippen molar-refractivity contribution in [1.29, 1.82) is 0 Å². The Kier molecular flexibility index (Phi) is 5.86. The second-order valence-electron chi connectivity index (χ2n) is 4.89. The predicted octanol–water partition coefficient (Wildman–Crippen LogP) is 0.987. The maximum atomic E-state index is 11.8. The number of aromatic hydroxyl groups is 1. The molecule has 1 heterocycles. The number of esters is 1. The Hall–Kier alpha value is -2.22. The molecule has 0 bridgehead atoms. The summed E-state index contributed by atoms with van der Waals surface area (Å²) in [6, 6.07) is 5.09. The molecule has 2 rings (SSSR count). The first-order valence-electron chi connectivity index (χ1n) is 7.21. The molecule has 7 heteroatoms. The van der Waals surface area contributed by atoms with Crippen LogP contribution in [0.4, 0.5) is 0 Å². The van der Waals surface area contributed by atoms with Gasteiger partial charge in [0.25, 0.3) is 0 Å². The molecule has 0 unspecified atom stereocenters. The van der Waals surface area contributed by atoms with Gasteiger partial charge in [0.05, 0.1) is 31.9 Å². The van der Waals surface area contributed by atoms with Crippen LogP contribution in [0.1, 0.15) is 22.8 Å². The van der Waals surface area contributed by atoms with Crippen LogP contribution in [0.5, 0.6) is 5.75 Å². The number of carbonyl (C=O) groups excluding carboxylic acids is 1. The molecule has 124 valence electrons. The predicted molar refractivity (Wildman–Crippen MR) is 82.1 cm³/mol. The minimum Gasteiger partial charge on any atom is -0.506 e. The summed E-state index contributed by atoms with van der Waals surface area (Å²) >= 11 is 0. The van der Waals surface area contributed by atoms with Crippen molar-refractivity contribution in [1.82, 2.24) is 4.98 Å². The second-order valence-corrected chi connectivity index (χ2v) is 4.89. The molecule has 23 heavy (non-hydrogen) atoms. The van der Waals surface area contributed by atoms with Crippen molar-refractivity contribution in [2.75, 3.05) is 19.8 Å². The van der Waals surface area contributed by atoms with E-state index in [1.54, 1.807) is 25.1 Å². The number of nitrogens with zero attached hydrogens (tertiary/aromatic N) is 1. The number of hydrogen-bond donors (Lipinski definition) is 3. The molecule has 0 saturated carbocycles. The lowest BCUT2D eigenvalue weighted by Crippen LogP contribution is -2.21. The van der Waals surface area contributed by atoms with Gasteiger partial charge in [-0.05, 0) is 24.6 Å². The maximum absolute atomic E-state index is 11.8. The van der Waals surface area contributed by atoms with Crippen molar-refractivity contribution in [2.45, 2.75) is 19.6 Å². The molecule has 0 saturated heterocycles. The normalized spacial score (nSPS) is 11.1. The van der Waals surface area contributed by atoms with Crippen molar-refractivity contribution in [3.63, 3.8) is 0 Å². The van der Waals surface area contributed by atoms with Crippen LogP contribution in [0.25, 0.3) is 10.9 Å². The van der Waals surface area contributed by atoms with E-state index in [0.717, 1.165) is 0 Å². The molecule has 0 fully saturated rings. The highest BCUT2D eigenvalue weighted by Gasteiger charge is 2.16. The molecular formula is C16H19NO6. The van der Waals surface area contributed by atoms with Crippen LogP contribution in [0.2, 0.25) is 0 Å². The zero-order valence-corrected chi connectivity index (χ0v) is 12.7. The van der Waals surface area contributed by atoms with E-state index in [0.29, 0.717) is 16.5 Å². The zero-order chi connectivity index (χ0) is 16.8. The minimum atomic E-state index is -0.664. The standard InChI is InChI=1S/C16H19NO6/c1-2-22-16(21)13-6-17-14-4-3-10(5-12(14)15(13)20)9-23-11(7-18)8-19/h3-6,11,18-19H,2,7-9H2,1H3,(H,17,20). The summed E-state index contributed by atoms with van der Waals surface area (Å²) in [5, 5.41) is 28.6. The summed E-state index contributed by atoms with van der Waals surface area (Å²) in [6.45, 7) is 1.45. The zero-order valence-electron chi connectivity index (χ0n) is 12.7. The van der Waals surface area contributed by atoms with Crippen molar-refractivity contribution >= 4 is 16.9 Å². The number of rotatable bonds is 7. The Labute approximate surface area is 133 Å². The van der Waals surface area contributed by atoms with Gasteiger partial charge in [-0.15, -0.1) is 0 Å². The SMILES string of the molecule is CCOC(=O)c1cnc2ccc(COC(CO)CO)cc2c1O. The Morgan fingerprint density at radius 2 is 2.04 bits per heavy atom. The van der Waals surface area contributed by atoms with E-state index in [1.807, 2.05) is 0 Å². The number of benzene rings is 1. The monoisotopic (exact) mass is 321 g/mol. The number of aliphatic hydroxyl groups excluding tert-OH is 2. The van der Waals surface area contributed by atoms with Crippen LogP contribution in [0.3, 0.4) is 0 Å². The molecule has 3 N–H and O–H groups in total. The topological polar surface area (TPSA) is 109 Å². The van der Waals surface area contributed by atoms with Crippen LogP contribution >= 0.6 is 0 Å². The third-order valence-electron chi connectivity index (χ3n) is 3.29. The summed E-state index contributed by atoms with van der Waals surface area (Å²) in [5.41, 5.74) is 1.24. The second kappa shape index (κ2) is 7.87. The molecule has 0 aliphatic carbocycles. The summed E-state index contributed by atoms with van der Waals surface area (Å²) in [5.74, 6) is -0.835. The van der Waals surface area contributed by atoms with Gasteiger partial charge in [-0.1, -0.05) is 6.07 Å². The quantitative estimate of drug-likeness (QED) is 0.652. The molecule has 0 aliphatic heterocycles. The first-order chi connectivity index (χ1) is 11.1. The van der Waals surface area contributed by atoms with Gasteiger partial charge in [0.2, 0.25) is 0 Å². The number of hydrogen-bond acceptors (Lipinski definition) is 7. The number of aromatic nitrogens is 1. The Bertz CT molecular complexity index is 684. The van der Waals surface area contributed by atoms with E-state index in [4.69, 9.17) is 19.7 Å². The fourth-order valence-electron chi connectivity index (χ4n) is 2.05. The third kappa shape index (κ3) is 3.95. The molecule has 1 aromatic carbocycles. The number of fused-ring (bicyclic) bond motifs is 1. The van der Waals surface area contributed by atoms with E-state index >= 15 is 0 Å². The molecule has 0 aliphatic rings. The number of ether oxygens (including phenoxy) is 2. The van der Waals surface area contributed by atoms with Crippen molar-refractivity contribution in [2.24, 2.45) is 0 Å². The summed E-state index contributed by atoms with van der Waals surface area (Å²) in [7, 11) is 0. The van der Waals surface area contributed by atoms with E-state index < -0.39 is 12.1 Å². The van der Waals surface area contributed by atoms with Crippen molar-refractivity contribution < 1.29 is 29.6 Å². The number of pyridine rings is 1. The van der Waals surface area contributed by atoms with Crippen molar-refractivity contribution in [3.05, 3.63) is 35.5 Å². The van der Waals surface area contributed by atoms with Gasteiger partial charge in [0, 0.05) is 11.6 Å². The minimum absolute atomic E-state index is 0.000936. The highest BCUT2D eigenvalue weighted by Crippen LogP contribution is 2.28. The Morgan fingerprint density at radius 1 is 1.30 bits per heavy atom. The number of aliphatic hydroxyl groups is 2. The van der Waals surface area contributed by atoms with Gasteiger partial charge in [0.1, 0.15) is 17.4 Å². The van der Waals surface area contributed by atoms with Gasteiger partial charge in [-0.3, -0.25) is 4.98 Å². The van der Waals surface area contributed by atoms with Crippen LogP contribution in [0.15, 0.2) is 24.4 Å². The first kappa shape index (κ1) is 17.1. The van der Waals surface area contributed by atoms with Gasteiger partial charge in [-0.2, -0.15) is 0 Å². The molecule has 0 radical (unpaired) electrons. The average Bonchev–Trinajstić information content (AvgIpc) is 2.56. The van der Waals surface area contributed by atoms with Gasteiger partial charge in [0.15, 0.2) is 0 Å². The highest BCUT2D eigenvalue weighted by molar-refractivity contribution is 5.99. The molecule has 0 spiro atoms. The Balaban J connectivity index is 2.29. The molecule has 2 aromatic rings. The summed E-state index contributed by atoms with van der Waals surface area (Å²) in [6.07, 6.45) is 0.614. The van der Waals surface area contributed by atoms with Gasteiger partial charge in [-0.25, -0.2) is 4.79 Å². The third-order valence-corrected chi connectivity index (χ3v) is 3.29. The molecule has 0 amide bonds. The highest BCUT2D eigenvalue weighted by atomic mass is 16.5. The van der Waals surface area contributed by atoms with Crippen LogP contribution in [0, 0.1) is 0 Å². The van der Waals surface area contributed by atoms with E-state index in [1.165, 1.54) is 6.20 Å². The number of carbonyl (C=O) groups is 1. The average molecular weight is 321 g/mol. The Morgan fingerprint density at radius 3 is 2.70 bits per heavy atom. The lowest BCUT2D eigenvalue weighted by atomic mass is 10.1. The molecule has 7 nitrogen and oxygen atoms in total. The summed E-state index contributed by atoms with van der Waals surface area (Å²) < 4.78 is 10.2. The van der Waals surface area contributed by atoms with E-state index in [9.17, 15) is 9.90 Å². The van der Waals surface area contributed by atoms with Crippen LogP contribution in [-0.2, 0) is 16.1 Å². The lowest BCUT2D eigenvalue weighted by Gasteiger charge is -2.13. The van der Waals surface area contributed by atoms with E-state index in [2.05, 4.69) is 4.98 Å².